The van der Waals surface area contributed by atoms with E-state index >= 15 is 0 Å². The standard InChI is InChI=1S/C33H38N4O4/c1-5-9-26-32(29(39)18-34)24-13-11-23-19-35-27(17-25(23)33(24)37-26)22-12-14-30(28(16-22)36-31(40)6-2)41-15-8-7-10-20(3)21(4)38/h6,12,14,16-20,34,37H,2,5,7-11,13,15H2,1,3-4H3,(H,36,40). The summed E-state index contributed by atoms with van der Waals surface area (Å²) in [5.74, 6) is 0.177. The third-order valence-corrected chi connectivity index (χ3v) is 7.66. The third kappa shape index (κ3) is 6.70. The number of unbranched alkanes of at least 4 members (excludes halogenated alkanes) is 1. The number of carbonyl (C=O) groups excluding carboxylic acids is 3. The maximum absolute atomic E-state index is 12.7. The number of anilines is 1. The van der Waals surface area contributed by atoms with Crippen LogP contribution in [0, 0.1) is 11.3 Å². The Morgan fingerprint density at radius 3 is 2.73 bits per heavy atom. The quantitative estimate of drug-likeness (QED) is 0.0905. The van der Waals surface area contributed by atoms with Crippen LogP contribution < -0.4 is 10.1 Å². The summed E-state index contributed by atoms with van der Waals surface area (Å²) in [6.45, 7) is 9.65. The molecule has 1 aliphatic rings. The van der Waals surface area contributed by atoms with Gasteiger partial charge in [0.05, 0.1) is 29.9 Å². The van der Waals surface area contributed by atoms with Gasteiger partial charge in [0.1, 0.15) is 11.5 Å². The highest BCUT2D eigenvalue weighted by Crippen LogP contribution is 2.39. The van der Waals surface area contributed by atoms with Crippen molar-refractivity contribution in [3.63, 3.8) is 0 Å². The Kier molecular flexibility index (Phi) is 9.65. The van der Waals surface area contributed by atoms with Crippen molar-refractivity contribution < 1.29 is 19.1 Å². The van der Waals surface area contributed by atoms with Gasteiger partial charge in [0, 0.05) is 34.5 Å². The Labute approximate surface area is 241 Å². The Hall–Kier alpha value is -4.33. The molecular formula is C33H38N4O4. The normalized spacial score (nSPS) is 12.6. The van der Waals surface area contributed by atoms with Crippen molar-refractivity contribution in [1.82, 2.24) is 9.97 Å². The van der Waals surface area contributed by atoms with E-state index in [4.69, 9.17) is 15.1 Å². The Bertz CT molecular complexity index is 1490. The molecule has 0 saturated heterocycles. The number of Topliss-reactive ketones (excluding diaryl/α,β-unsaturated/α-hetero) is 2. The molecule has 8 heteroatoms. The van der Waals surface area contributed by atoms with E-state index in [1.54, 1.807) is 6.92 Å². The number of hydrogen-bond acceptors (Lipinski definition) is 6. The summed E-state index contributed by atoms with van der Waals surface area (Å²) in [4.78, 5) is 44.5. The number of carbonyl (C=O) groups is 3. The summed E-state index contributed by atoms with van der Waals surface area (Å²) >= 11 is 0. The van der Waals surface area contributed by atoms with Crippen LogP contribution in [0.3, 0.4) is 0 Å². The molecule has 2 aromatic heterocycles. The number of ether oxygens (including phenoxy) is 1. The number of fused-ring (bicyclic) bond motifs is 3. The molecule has 214 valence electrons. The van der Waals surface area contributed by atoms with E-state index in [-0.39, 0.29) is 23.4 Å². The van der Waals surface area contributed by atoms with Gasteiger partial charge in [0.2, 0.25) is 11.7 Å². The maximum Gasteiger partial charge on any atom is 0.247 e. The maximum atomic E-state index is 12.7. The summed E-state index contributed by atoms with van der Waals surface area (Å²) in [6.07, 6.45) is 9.57. The van der Waals surface area contributed by atoms with Crippen LogP contribution in [0.4, 0.5) is 5.69 Å². The first-order valence-electron chi connectivity index (χ1n) is 14.3. The number of ketones is 2. The van der Waals surface area contributed by atoms with Crippen molar-refractivity contribution >= 4 is 29.4 Å². The molecule has 1 amide bonds. The van der Waals surface area contributed by atoms with Gasteiger partial charge in [0.25, 0.3) is 0 Å². The lowest BCUT2D eigenvalue weighted by Crippen LogP contribution is -2.11. The first-order valence-corrected chi connectivity index (χ1v) is 14.3. The van der Waals surface area contributed by atoms with Gasteiger partial charge in [0.15, 0.2) is 0 Å². The van der Waals surface area contributed by atoms with Crippen molar-refractivity contribution in [2.75, 3.05) is 11.9 Å². The Balaban J connectivity index is 1.63. The van der Waals surface area contributed by atoms with Gasteiger partial charge in [-0.15, -0.1) is 0 Å². The molecule has 3 aromatic rings. The summed E-state index contributed by atoms with van der Waals surface area (Å²) in [5.41, 5.74) is 7.54. The summed E-state index contributed by atoms with van der Waals surface area (Å²) in [6, 6.07) is 7.60. The highest BCUT2D eigenvalue weighted by atomic mass is 16.5. The van der Waals surface area contributed by atoms with E-state index in [0.717, 1.165) is 90.5 Å². The minimum absolute atomic E-state index is 0.0456. The summed E-state index contributed by atoms with van der Waals surface area (Å²) in [5, 5.41) is 10.4. The van der Waals surface area contributed by atoms with E-state index < -0.39 is 0 Å². The van der Waals surface area contributed by atoms with Crippen LogP contribution >= 0.6 is 0 Å². The number of aromatic amines is 1. The number of nitrogens with zero attached hydrogens (tertiary/aromatic N) is 1. The smallest absolute Gasteiger partial charge is 0.247 e. The Morgan fingerprint density at radius 2 is 2.02 bits per heavy atom. The van der Waals surface area contributed by atoms with Crippen LogP contribution in [-0.4, -0.2) is 40.3 Å². The van der Waals surface area contributed by atoms with Gasteiger partial charge >= 0.3 is 0 Å². The highest BCUT2D eigenvalue weighted by Gasteiger charge is 2.27. The first kappa shape index (κ1) is 29.6. The third-order valence-electron chi connectivity index (χ3n) is 7.66. The molecule has 0 radical (unpaired) electrons. The zero-order valence-corrected chi connectivity index (χ0v) is 24.1. The molecule has 0 spiro atoms. The number of aryl methyl sites for hydroxylation is 2. The highest BCUT2D eigenvalue weighted by molar-refractivity contribution is 6.35. The van der Waals surface area contributed by atoms with Crippen LogP contribution in [0.5, 0.6) is 5.75 Å². The number of nitrogens with one attached hydrogen (secondary N) is 3. The minimum atomic E-state index is -0.344. The molecule has 4 rings (SSSR count). The largest absolute Gasteiger partial charge is 0.491 e. The second kappa shape index (κ2) is 13.4. The predicted octanol–water partition coefficient (Wildman–Crippen LogP) is 6.53. The average molecular weight is 555 g/mol. The summed E-state index contributed by atoms with van der Waals surface area (Å²) in [7, 11) is 0. The van der Waals surface area contributed by atoms with E-state index in [1.165, 1.54) is 6.08 Å². The van der Waals surface area contributed by atoms with Crippen LogP contribution in [0.15, 0.2) is 43.1 Å². The van der Waals surface area contributed by atoms with Crippen molar-refractivity contribution in [2.45, 2.75) is 65.7 Å². The number of pyridine rings is 1. The van der Waals surface area contributed by atoms with Gasteiger partial charge < -0.3 is 20.4 Å². The predicted molar refractivity (Wildman–Crippen MR) is 162 cm³/mol. The van der Waals surface area contributed by atoms with E-state index in [1.807, 2.05) is 37.4 Å². The number of amides is 1. The molecule has 0 saturated carbocycles. The molecule has 1 aliphatic carbocycles. The monoisotopic (exact) mass is 554 g/mol. The first-order chi connectivity index (χ1) is 19.8. The summed E-state index contributed by atoms with van der Waals surface area (Å²) < 4.78 is 6.02. The van der Waals surface area contributed by atoms with Crippen molar-refractivity contribution in [1.29, 1.82) is 5.41 Å². The molecular weight excluding hydrogens is 516 g/mol. The second-order valence-corrected chi connectivity index (χ2v) is 10.6. The molecule has 41 heavy (non-hydrogen) atoms. The molecule has 1 aromatic carbocycles. The fourth-order valence-electron chi connectivity index (χ4n) is 5.25. The lowest BCUT2D eigenvalue weighted by atomic mass is 9.87. The van der Waals surface area contributed by atoms with Crippen LogP contribution in [0.1, 0.15) is 73.6 Å². The zero-order chi connectivity index (χ0) is 29.5. The molecule has 0 bridgehead atoms. The molecule has 1 atom stereocenters. The van der Waals surface area contributed by atoms with Gasteiger partial charge in [-0.1, -0.05) is 26.8 Å². The fourth-order valence-corrected chi connectivity index (χ4v) is 5.25. The zero-order valence-electron chi connectivity index (χ0n) is 24.1. The van der Waals surface area contributed by atoms with E-state index in [0.29, 0.717) is 23.6 Å². The number of benzene rings is 1. The van der Waals surface area contributed by atoms with E-state index in [2.05, 4.69) is 23.8 Å². The number of aromatic nitrogens is 2. The lowest BCUT2D eigenvalue weighted by molar-refractivity contribution is -0.120. The molecule has 1 unspecified atom stereocenters. The number of hydrogen-bond donors (Lipinski definition) is 3. The van der Waals surface area contributed by atoms with Crippen molar-refractivity contribution in [3.05, 3.63) is 65.5 Å². The minimum Gasteiger partial charge on any atom is -0.491 e. The molecule has 8 nitrogen and oxygen atoms in total. The van der Waals surface area contributed by atoms with Crippen LogP contribution in [0.2, 0.25) is 0 Å². The van der Waals surface area contributed by atoms with Gasteiger partial charge in [-0.05, 0) is 86.9 Å². The lowest BCUT2D eigenvalue weighted by Gasteiger charge is -2.18. The Morgan fingerprint density at radius 1 is 1.22 bits per heavy atom. The van der Waals surface area contributed by atoms with E-state index in [9.17, 15) is 14.4 Å². The van der Waals surface area contributed by atoms with Gasteiger partial charge in [-0.2, -0.15) is 0 Å². The number of H-pyrrole nitrogens is 1. The average Bonchev–Trinajstić information content (AvgIpc) is 3.35. The SMILES string of the molecule is C=CC(=O)Nc1cc(-c2cc3c(cn2)CCc2c-3[nH]c(CCC)c2C(=O)C=N)ccc1OCCCCC(C)C(C)=O. The molecule has 0 fully saturated rings. The second-order valence-electron chi connectivity index (χ2n) is 10.6. The van der Waals surface area contributed by atoms with Crippen molar-refractivity contribution in [2.24, 2.45) is 5.92 Å². The topological polar surface area (TPSA) is 125 Å². The van der Waals surface area contributed by atoms with Gasteiger partial charge in [-0.3, -0.25) is 19.4 Å². The van der Waals surface area contributed by atoms with Gasteiger partial charge in [-0.25, -0.2) is 0 Å². The molecule has 0 aliphatic heterocycles. The fraction of sp³-hybridized carbons (Fsp3) is 0.364. The van der Waals surface area contributed by atoms with Crippen LogP contribution in [0.25, 0.3) is 22.5 Å². The number of rotatable bonds is 14. The van der Waals surface area contributed by atoms with Crippen LogP contribution in [-0.2, 0) is 28.9 Å². The van der Waals surface area contributed by atoms with Crippen molar-refractivity contribution in [3.8, 4) is 28.3 Å². The molecule has 2 heterocycles. The molecule has 3 N–H and O–H groups in total.